The lowest BCUT2D eigenvalue weighted by Crippen LogP contribution is -2.20. The van der Waals surface area contributed by atoms with Crippen molar-refractivity contribution in [3.8, 4) is 11.5 Å². The summed E-state index contributed by atoms with van der Waals surface area (Å²) < 4.78 is 11.2. The molecule has 0 atom stereocenters. The number of hydrogen-bond acceptors (Lipinski definition) is 4. The van der Waals surface area contributed by atoms with E-state index >= 15 is 0 Å². The average Bonchev–Trinajstić information content (AvgIpc) is 2.39. The highest BCUT2D eigenvalue weighted by atomic mass is 16.5. The van der Waals surface area contributed by atoms with Gasteiger partial charge in [0.2, 0.25) is 0 Å². The predicted molar refractivity (Wildman–Crippen MR) is 78.8 cm³/mol. The van der Waals surface area contributed by atoms with E-state index < -0.39 is 0 Å². The molecule has 4 heteroatoms. The van der Waals surface area contributed by atoms with Crippen molar-refractivity contribution >= 4 is 0 Å². The Morgan fingerprint density at radius 3 is 2.63 bits per heavy atom. The molecule has 1 aromatic carbocycles. The molecule has 0 aliphatic heterocycles. The van der Waals surface area contributed by atoms with Crippen LogP contribution in [0.4, 0.5) is 0 Å². The molecule has 0 radical (unpaired) electrons. The van der Waals surface area contributed by atoms with Gasteiger partial charge < -0.3 is 20.1 Å². The Labute approximate surface area is 115 Å². The van der Waals surface area contributed by atoms with Gasteiger partial charge in [0, 0.05) is 18.7 Å². The smallest absolute Gasteiger partial charge is 0.165 e. The number of nitrogens with zero attached hydrogens (tertiary/aromatic N) is 1. The van der Waals surface area contributed by atoms with E-state index in [1.54, 1.807) is 7.11 Å². The van der Waals surface area contributed by atoms with Crippen LogP contribution in [-0.2, 0) is 13.0 Å². The molecule has 0 aliphatic rings. The third-order valence-electron chi connectivity index (χ3n) is 2.80. The molecule has 0 aliphatic carbocycles. The molecule has 0 amide bonds. The minimum Gasteiger partial charge on any atom is -0.493 e. The first-order valence-electron chi connectivity index (χ1n) is 6.40. The van der Waals surface area contributed by atoms with Crippen molar-refractivity contribution < 1.29 is 9.47 Å². The lowest BCUT2D eigenvalue weighted by atomic mass is 10.1. The van der Waals surface area contributed by atoms with Gasteiger partial charge in [0.15, 0.2) is 11.5 Å². The summed E-state index contributed by atoms with van der Waals surface area (Å²) in [5.41, 5.74) is 7.90. The molecule has 1 aromatic rings. The monoisotopic (exact) mass is 264 g/mol. The Morgan fingerprint density at radius 1 is 1.37 bits per heavy atom. The second kappa shape index (κ2) is 7.81. The second-order valence-electron chi connectivity index (χ2n) is 4.63. The van der Waals surface area contributed by atoms with Crippen molar-refractivity contribution in [2.45, 2.75) is 13.0 Å². The molecule has 0 saturated heterocycles. The van der Waals surface area contributed by atoms with Gasteiger partial charge in [-0.2, -0.15) is 0 Å². The van der Waals surface area contributed by atoms with Crippen molar-refractivity contribution in [1.82, 2.24) is 4.90 Å². The van der Waals surface area contributed by atoms with Gasteiger partial charge >= 0.3 is 0 Å². The molecule has 0 fully saturated rings. The summed E-state index contributed by atoms with van der Waals surface area (Å²) in [4.78, 5) is 2.07. The van der Waals surface area contributed by atoms with Gasteiger partial charge in [-0.1, -0.05) is 12.1 Å². The summed E-state index contributed by atoms with van der Waals surface area (Å²) in [6.07, 6.45) is 2.66. The first kappa shape index (κ1) is 15.5. The lowest BCUT2D eigenvalue weighted by Gasteiger charge is -2.17. The molecule has 0 spiro atoms. The zero-order valence-corrected chi connectivity index (χ0v) is 12.1. The number of methoxy groups -OCH3 is 1. The lowest BCUT2D eigenvalue weighted by molar-refractivity contribution is 0.248. The fourth-order valence-electron chi connectivity index (χ4n) is 1.81. The van der Waals surface area contributed by atoms with Crippen LogP contribution in [0.25, 0.3) is 0 Å². The number of nitrogens with two attached hydrogens (primary N) is 1. The normalized spacial score (nSPS) is 10.6. The van der Waals surface area contributed by atoms with Gasteiger partial charge in [-0.05, 0) is 32.1 Å². The Morgan fingerprint density at radius 2 is 2.11 bits per heavy atom. The first-order chi connectivity index (χ1) is 9.12. The van der Waals surface area contributed by atoms with Gasteiger partial charge in [-0.15, -0.1) is 6.58 Å². The van der Waals surface area contributed by atoms with Crippen LogP contribution in [0.2, 0.25) is 0 Å². The van der Waals surface area contributed by atoms with Crippen LogP contribution in [0.15, 0.2) is 24.8 Å². The van der Waals surface area contributed by atoms with Crippen LogP contribution in [0, 0.1) is 0 Å². The molecule has 0 heterocycles. The van der Waals surface area contributed by atoms with Crippen molar-refractivity contribution in [2.75, 3.05) is 34.4 Å². The SMILES string of the molecule is C=CCc1cc(CN)c(OCCN(C)C)c(OC)c1. The van der Waals surface area contributed by atoms with Crippen molar-refractivity contribution in [1.29, 1.82) is 0 Å². The Bertz CT molecular complexity index is 392. The quantitative estimate of drug-likeness (QED) is 0.728. The van der Waals surface area contributed by atoms with Gasteiger partial charge in [-0.25, -0.2) is 0 Å². The van der Waals surface area contributed by atoms with Crippen LogP contribution in [0.3, 0.4) is 0 Å². The minimum atomic E-state index is 0.429. The van der Waals surface area contributed by atoms with Gasteiger partial charge in [0.1, 0.15) is 6.61 Å². The summed E-state index contributed by atoms with van der Waals surface area (Å²) in [7, 11) is 5.67. The molecule has 0 saturated carbocycles. The van der Waals surface area contributed by atoms with Crippen LogP contribution in [-0.4, -0.2) is 39.3 Å². The number of rotatable bonds is 8. The number of likely N-dealkylation sites (N-methyl/N-ethyl adjacent to an activating group) is 1. The summed E-state index contributed by atoms with van der Waals surface area (Å²) in [5, 5.41) is 0. The average molecular weight is 264 g/mol. The Balaban J connectivity index is 2.95. The maximum Gasteiger partial charge on any atom is 0.165 e. The standard InChI is InChI=1S/C15H24N2O2/c1-5-6-12-9-13(11-16)15(14(10-12)18-4)19-8-7-17(2)3/h5,9-10H,1,6-8,11,16H2,2-4H3. The molecule has 4 nitrogen and oxygen atoms in total. The zero-order chi connectivity index (χ0) is 14.3. The van der Waals surface area contributed by atoms with E-state index in [0.29, 0.717) is 13.2 Å². The van der Waals surface area contributed by atoms with Crippen molar-refractivity contribution in [3.63, 3.8) is 0 Å². The first-order valence-corrected chi connectivity index (χ1v) is 6.40. The second-order valence-corrected chi connectivity index (χ2v) is 4.63. The molecular weight excluding hydrogens is 240 g/mol. The molecular formula is C15H24N2O2. The van der Waals surface area contributed by atoms with E-state index in [9.17, 15) is 0 Å². The summed E-state index contributed by atoms with van der Waals surface area (Å²) in [6.45, 7) is 5.64. The molecule has 0 unspecified atom stereocenters. The van der Waals surface area contributed by atoms with Crippen LogP contribution in [0.5, 0.6) is 11.5 Å². The zero-order valence-electron chi connectivity index (χ0n) is 12.1. The molecule has 2 N–H and O–H groups in total. The molecule has 0 aromatic heterocycles. The van der Waals surface area contributed by atoms with E-state index in [4.69, 9.17) is 15.2 Å². The van der Waals surface area contributed by atoms with Gasteiger partial charge in [0.25, 0.3) is 0 Å². The number of ether oxygens (including phenoxy) is 2. The van der Waals surface area contributed by atoms with E-state index in [0.717, 1.165) is 35.6 Å². The molecule has 1 rings (SSSR count). The Hall–Kier alpha value is -1.52. The predicted octanol–water partition coefficient (Wildman–Crippen LogP) is 1.82. The molecule has 0 bridgehead atoms. The van der Waals surface area contributed by atoms with Crippen LogP contribution in [0.1, 0.15) is 11.1 Å². The molecule has 106 valence electrons. The van der Waals surface area contributed by atoms with Gasteiger partial charge in [0.05, 0.1) is 7.11 Å². The summed E-state index contributed by atoms with van der Waals surface area (Å²) in [5.74, 6) is 1.48. The number of hydrogen-bond donors (Lipinski definition) is 1. The largest absolute Gasteiger partial charge is 0.493 e. The van der Waals surface area contributed by atoms with E-state index in [-0.39, 0.29) is 0 Å². The van der Waals surface area contributed by atoms with Crippen molar-refractivity contribution in [2.24, 2.45) is 5.73 Å². The summed E-state index contributed by atoms with van der Waals surface area (Å²) >= 11 is 0. The third-order valence-corrected chi connectivity index (χ3v) is 2.80. The third kappa shape index (κ3) is 4.58. The fraction of sp³-hybridized carbons (Fsp3) is 0.467. The highest BCUT2D eigenvalue weighted by Gasteiger charge is 2.12. The number of allylic oxidation sites excluding steroid dienone is 1. The minimum absolute atomic E-state index is 0.429. The van der Waals surface area contributed by atoms with Crippen LogP contribution < -0.4 is 15.2 Å². The van der Waals surface area contributed by atoms with E-state index in [1.165, 1.54) is 0 Å². The maximum atomic E-state index is 5.82. The highest BCUT2D eigenvalue weighted by Crippen LogP contribution is 2.33. The Kier molecular flexibility index (Phi) is 6.39. The van der Waals surface area contributed by atoms with E-state index in [2.05, 4.69) is 17.5 Å². The maximum absolute atomic E-state index is 5.82. The fourth-order valence-corrected chi connectivity index (χ4v) is 1.81. The molecule has 19 heavy (non-hydrogen) atoms. The van der Waals surface area contributed by atoms with Gasteiger partial charge in [-0.3, -0.25) is 0 Å². The van der Waals surface area contributed by atoms with Crippen molar-refractivity contribution in [3.05, 3.63) is 35.9 Å². The summed E-state index contributed by atoms with van der Waals surface area (Å²) in [6, 6.07) is 4.03. The van der Waals surface area contributed by atoms with Crippen LogP contribution >= 0.6 is 0 Å². The topological polar surface area (TPSA) is 47.7 Å². The number of benzene rings is 1. The van der Waals surface area contributed by atoms with E-state index in [1.807, 2.05) is 26.2 Å². The highest BCUT2D eigenvalue weighted by molar-refractivity contribution is 5.50.